The van der Waals surface area contributed by atoms with Gasteiger partial charge in [-0.1, -0.05) is 19.1 Å². The minimum atomic E-state index is -4.60. The number of carbonyl (C=O) groups is 2. The quantitative estimate of drug-likeness (QED) is 0.452. The highest BCUT2D eigenvalue weighted by Gasteiger charge is 2.33. The average Bonchev–Trinajstić information content (AvgIpc) is 3.21. The van der Waals surface area contributed by atoms with E-state index in [1.165, 1.54) is 46.6 Å². The number of nitrogens with zero attached hydrogens (tertiary/aromatic N) is 2. The molecule has 0 fully saturated rings. The molecule has 3 rings (SSSR count). The molecule has 6 nitrogen and oxygen atoms in total. The van der Waals surface area contributed by atoms with Crippen LogP contribution in [0.5, 0.6) is 0 Å². The van der Waals surface area contributed by atoms with Gasteiger partial charge in [0.15, 0.2) is 5.13 Å². The lowest BCUT2D eigenvalue weighted by Crippen LogP contribution is -2.38. The van der Waals surface area contributed by atoms with E-state index in [0.29, 0.717) is 22.9 Å². The summed E-state index contributed by atoms with van der Waals surface area (Å²) < 4.78 is 52.4. The molecule has 0 unspecified atom stereocenters. The maximum Gasteiger partial charge on any atom is 0.418 e. The molecule has 0 aliphatic heterocycles. The summed E-state index contributed by atoms with van der Waals surface area (Å²) in [7, 11) is 0. The Kier molecular flexibility index (Phi) is 7.77. The van der Waals surface area contributed by atoms with Crippen LogP contribution >= 0.6 is 11.3 Å². The van der Waals surface area contributed by atoms with Crippen molar-refractivity contribution in [3.63, 3.8) is 0 Å². The Morgan fingerprint density at radius 3 is 2.27 bits per heavy atom. The van der Waals surface area contributed by atoms with Gasteiger partial charge < -0.3 is 10.6 Å². The molecule has 0 aliphatic rings. The normalized spacial score (nSPS) is 11.5. The largest absolute Gasteiger partial charge is 0.418 e. The number of carbonyl (C=O) groups excluding carboxylic acids is 2. The molecule has 2 amide bonds. The number of amides is 2. The van der Waals surface area contributed by atoms with Gasteiger partial charge in [-0.2, -0.15) is 13.2 Å². The second-order valence-electron chi connectivity index (χ2n) is 6.99. The van der Waals surface area contributed by atoms with Crippen LogP contribution in [0.3, 0.4) is 0 Å². The molecule has 174 valence electrons. The maximum atomic E-state index is 13.1. The molecular formula is C22H20F4N4O2S. The number of thiazole rings is 1. The number of aromatic nitrogens is 1. The maximum absolute atomic E-state index is 13.1. The van der Waals surface area contributed by atoms with Crippen molar-refractivity contribution < 1.29 is 27.2 Å². The van der Waals surface area contributed by atoms with Crippen LogP contribution in [0, 0.1) is 5.82 Å². The minimum absolute atomic E-state index is 0.156. The lowest BCUT2D eigenvalue weighted by Gasteiger charge is -2.20. The second-order valence-corrected chi connectivity index (χ2v) is 7.85. The molecule has 0 bridgehead atoms. The van der Waals surface area contributed by atoms with E-state index >= 15 is 0 Å². The zero-order valence-corrected chi connectivity index (χ0v) is 18.3. The fourth-order valence-corrected chi connectivity index (χ4v) is 3.69. The van der Waals surface area contributed by atoms with Gasteiger partial charge >= 0.3 is 6.18 Å². The van der Waals surface area contributed by atoms with Crippen molar-refractivity contribution in [3.05, 3.63) is 65.3 Å². The Hall–Kier alpha value is -3.31. The first kappa shape index (κ1) is 24.3. The summed E-state index contributed by atoms with van der Waals surface area (Å²) in [5, 5.41) is 6.94. The van der Waals surface area contributed by atoms with E-state index in [9.17, 15) is 27.2 Å². The molecule has 3 aromatic rings. The summed E-state index contributed by atoms with van der Waals surface area (Å²) in [5.74, 6) is -1.47. The molecule has 1 aromatic heterocycles. The second kappa shape index (κ2) is 10.5. The molecule has 11 heteroatoms. The predicted molar refractivity (Wildman–Crippen MR) is 118 cm³/mol. The van der Waals surface area contributed by atoms with Crippen molar-refractivity contribution >= 4 is 34.0 Å². The smallest absolute Gasteiger partial charge is 0.324 e. The zero-order valence-electron chi connectivity index (χ0n) is 17.4. The highest BCUT2D eigenvalue weighted by atomic mass is 32.1. The first-order valence-electron chi connectivity index (χ1n) is 9.85. The number of para-hydroxylation sites is 1. The summed E-state index contributed by atoms with van der Waals surface area (Å²) in [4.78, 5) is 30.5. The van der Waals surface area contributed by atoms with Gasteiger partial charge in [0.2, 0.25) is 11.8 Å². The number of rotatable bonds is 8. The Morgan fingerprint density at radius 1 is 1.00 bits per heavy atom. The molecule has 0 aliphatic carbocycles. The lowest BCUT2D eigenvalue weighted by molar-refractivity contribution is -0.137. The van der Waals surface area contributed by atoms with Crippen molar-refractivity contribution in [2.24, 2.45) is 0 Å². The molecule has 0 atom stereocenters. The van der Waals surface area contributed by atoms with E-state index in [1.54, 1.807) is 24.4 Å². The number of nitrogens with one attached hydrogen (secondary N) is 2. The van der Waals surface area contributed by atoms with Crippen molar-refractivity contribution in [3.8, 4) is 11.3 Å². The Balaban J connectivity index is 1.56. The van der Waals surface area contributed by atoms with Crippen LogP contribution in [0.1, 0.15) is 12.5 Å². The van der Waals surface area contributed by atoms with E-state index < -0.39 is 23.6 Å². The van der Waals surface area contributed by atoms with Crippen LogP contribution in [0.4, 0.5) is 28.4 Å². The highest BCUT2D eigenvalue weighted by Crippen LogP contribution is 2.34. The summed E-state index contributed by atoms with van der Waals surface area (Å²) >= 11 is 1.19. The molecule has 0 saturated carbocycles. The highest BCUT2D eigenvalue weighted by molar-refractivity contribution is 7.14. The number of alkyl halides is 3. The Morgan fingerprint density at radius 2 is 1.64 bits per heavy atom. The number of anilines is 2. The molecular weight excluding hydrogens is 460 g/mol. The molecule has 1 heterocycles. The number of hydrogen-bond donors (Lipinski definition) is 2. The Bertz CT molecular complexity index is 1120. The predicted octanol–water partition coefficient (Wildman–Crippen LogP) is 4.87. The van der Waals surface area contributed by atoms with E-state index in [-0.39, 0.29) is 24.6 Å². The summed E-state index contributed by atoms with van der Waals surface area (Å²) in [6.07, 6.45) is -4.60. The minimum Gasteiger partial charge on any atom is -0.324 e. The molecule has 0 radical (unpaired) electrons. The molecule has 0 spiro atoms. The summed E-state index contributed by atoms with van der Waals surface area (Å²) in [5.41, 5.74) is -0.0176. The molecule has 2 aromatic carbocycles. The van der Waals surface area contributed by atoms with Gasteiger partial charge in [-0.15, -0.1) is 11.3 Å². The van der Waals surface area contributed by atoms with E-state index in [4.69, 9.17) is 0 Å². The first-order valence-corrected chi connectivity index (χ1v) is 10.7. The monoisotopic (exact) mass is 480 g/mol. The van der Waals surface area contributed by atoms with Gasteiger partial charge in [0.1, 0.15) is 5.82 Å². The van der Waals surface area contributed by atoms with Crippen LogP contribution in [0.15, 0.2) is 53.9 Å². The van der Waals surface area contributed by atoms with Crippen molar-refractivity contribution in [1.29, 1.82) is 0 Å². The molecule has 0 saturated heterocycles. The van der Waals surface area contributed by atoms with Gasteiger partial charge in [-0.05, 0) is 42.9 Å². The van der Waals surface area contributed by atoms with Gasteiger partial charge in [-0.3, -0.25) is 14.5 Å². The van der Waals surface area contributed by atoms with Gasteiger partial charge in [-0.25, -0.2) is 9.37 Å². The summed E-state index contributed by atoms with van der Waals surface area (Å²) in [6, 6.07) is 10.5. The number of halogens is 4. The first-order chi connectivity index (χ1) is 15.7. The third-order valence-electron chi connectivity index (χ3n) is 4.58. The molecule has 2 N–H and O–H groups in total. The van der Waals surface area contributed by atoms with Crippen LogP contribution in [-0.4, -0.2) is 41.3 Å². The standard InChI is InChI=1S/C22H20F4N4O2S/c1-2-30(11-19(31)27-17-6-4-3-5-16(17)22(24,25)26)12-20(32)29-21-28-18(13-33-21)14-7-9-15(23)10-8-14/h3-10,13H,2,11-12H2,1H3,(H,27,31)(H,28,29,32). The zero-order chi connectivity index (χ0) is 24.0. The van der Waals surface area contributed by atoms with Crippen LogP contribution in [-0.2, 0) is 15.8 Å². The van der Waals surface area contributed by atoms with E-state index in [0.717, 1.165) is 6.07 Å². The number of benzene rings is 2. The van der Waals surface area contributed by atoms with Crippen molar-refractivity contribution in [2.45, 2.75) is 13.1 Å². The summed E-state index contributed by atoms with van der Waals surface area (Å²) in [6.45, 7) is 1.62. The average molecular weight is 480 g/mol. The SMILES string of the molecule is CCN(CC(=O)Nc1nc(-c2ccc(F)cc2)cs1)CC(=O)Nc1ccccc1C(F)(F)F. The van der Waals surface area contributed by atoms with Crippen LogP contribution < -0.4 is 10.6 Å². The fourth-order valence-electron chi connectivity index (χ4n) is 2.96. The third-order valence-corrected chi connectivity index (χ3v) is 5.34. The van der Waals surface area contributed by atoms with Crippen molar-refractivity contribution in [2.75, 3.05) is 30.3 Å². The van der Waals surface area contributed by atoms with E-state index in [1.807, 2.05) is 0 Å². The third kappa shape index (κ3) is 6.83. The Labute approximate surface area is 191 Å². The van der Waals surface area contributed by atoms with Crippen molar-refractivity contribution in [1.82, 2.24) is 9.88 Å². The number of likely N-dealkylation sites (N-methyl/N-ethyl adjacent to an activating group) is 1. The number of hydrogen-bond acceptors (Lipinski definition) is 5. The van der Waals surface area contributed by atoms with E-state index in [2.05, 4.69) is 15.6 Å². The van der Waals surface area contributed by atoms with Gasteiger partial charge in [0, 0.05) is 10.9 Å². The fraction of sp³-hybridized carbons (Fsp3) is 0.227. The molecule has 33 heavy (non-hydrogen) atoms. The topological polar surface area (TPSA) is 74.3 Å². The van der Waals surface area contributed by atoms with Crippen LogP contribution in [0.2, 0.25) is 0 Å². The van der Waals surface area contributed by atoms with Crippen LogP contribution in [0.25, 0.3) is 11.3 Å². The van der Waals surface area contributed by atoms with Gasteiger partial charge in [0.25, 0.3) is 0 Å². The lowest BCUT2D eigenvalue weighted by atomic mass is 10.1. The van der Waals surface area contributed by atoms with Gasteiger partial charge in [0.05, 0.1) is 30.0 Å².